The molecule has 6 aromatic carbocycles. The fraction of sp³-hybridized carbons (Fsp3) is 0. The first kappa shape index (κ1) is 26.7. The molecular weight excluding hydrogens is 508 g/mol. The highest BCUT2D eigenvalue weighted by atomic mass is 31.2. The summed E-state index contributed by atoms with van der Waals surface area (Å²) in [6.45, 7) is 0. The minimum absolute atomic E-state index is 0.446. The first-order valence-corrected chi connectivity index (χ1v) is 16.3. The topological polar surface area (TPSA) is 26.0 Å². The summed E-state index contributed by atoms with van der Waals surface area (Å²) in [6, 6.07) is 63.6. The molecule has 0 heterocycles. The largest absolute Gasteiger partial charge is 0.191 e. The van der Waals surface area contributed by atoms with Crippen LogP contribution >= 0.6 is 15.3 Å². The molecule has 190 valence electrons. The number of nitrogens with two attached hydrogens (primary N) is 1. The van der Waals surface area contributed by atoms with E-state index < -0.39 is 15.3 Å². The van der Waals surface area contributed by atoms with Crippen LogP contribution in [0.5, 0.6) is 0 Å². The van der Waals surface area contributed by atoms with Gasteiger partial charge < -0.3 is 0 Å². The second-order valence-corrected chi connectivity index (χ2v) is 14.3. The first-order valence-electron chi connectivity index (χ1n) is 13.1. The summed E-state index contributed by atoms with van der Waals surface area (Å²) < 4.78 is 0. The predicted molar refractivity (Wildman–Crippen MR) is 174 cm³/mol. The molecule has 0 unspecified atom stereocenters. The van der Waals surface area contributed by atoms with Crippen LogP contribution in [0.25, 0.3) is 0 Å². The van der Waals surface area contributed by atoms with E-state index in [9.17, 15) is 0 Å². The SMILES string of the molecule is N[P+](c1ccccc1)(c1ccccc1)c1ccccc1.c1ccc(P(c2ccccc2)c2ccccc2)cc1. The van der Waals surface area contributed by atoms with Crippen LogP contribution < -0.4 is 37.3 Å². The van der Waals surface area contributed by atoms with E-state index in [1.165, 1.54) is 31.8 Å². The van der Waals surface area contributed by atoms with Crippen LogP contribution in [-0.2, 0) is 0 Å². The van der Waals surface area contributed by atoms with Crippen molar-refractivity contribution >= 4 is 47.2 Å². The van der Waals surface area contributed by atoms with Crippen LogP contribution in [0.1, 0.15) is 0 Å². The number of hydrogen-bond donors (Lipinski definition) is 1. The van der Waals surface area contributed by atoms with Gasteiger partial charge in [-0.1, -0.05) is 146 Å². The average Bonchev–Trinajstić information content (AvgIpc) is 3.04. The van der Waals surface area contributed by atoms with Crippen molar-refractivity contribution in [1.29, 1.82) is 0 Å². The Kier molecular flexibility index (Phi) is 9.10. The van der Waals surface area contributed by atoms with Gasteiger partial charge >= 0.3 is 0 Å². The van der Waals surface area contributed by atoms with E-state index in [2.05, 4.69) is 164 Å². The van der Waals surface area contributed by atoms with Crippen molar-refractivity contribution < 1.29 is 0 Å². The van der Waals surface area contributed by atoms with Crippen molar-refractivity contribution in [3.63, 3.8) is 0 Å². The van der Waals surface area contributed by atoms with E-state index in [4.69, 9.17) is 5.50 Å². The average molecular weight is 541 g/mol. The molecule has 0 amide bonds. The van der Waals surface area contributed by atoms with Gasteiger partial charge in [0.25, 0.3) is 0 Å². The second kappa shape index (κ2) is 13.3. The zero-order chi connectivity index (χ0) is 26.8. The van der Waals surface area contributed by atoms with Gasteiger partial charge in [0.2, 0.25) is 0 Å². The van der Waals surface area contributed by atoms with Crippen LogP contribution in [0.3, 0.4) is 0 Å². The lowest BCUT2D eigenvalue weighted by molar-refractivity contribution is 1.69. The van der Waals surface area contributed by atoms with E-state index in [0.29, 0.717) is 0 Å². The summed E-state index contributed by atoms with van der Waals surface area (Å²) >= 11 is 0. The Morgan fingerprint density at radius 2 is 0.513 bits per heavy atom. The zero-order valence-electron chi connectivity index (χ0n) is 21.8. The van der Waals surface area contributed by atoms with Crippen molar-refractivity contribution in [3.05, 3.63) is 182 Å². The summed E-state index contributed by atoms with van der Waals surface area (Å²) in [4.78, 5) is 0. The van der Waals surface area contributed by atoms with E-state index in [1.807, 2.05) is 18.2 Å². The molecule has 0 aromatic heterocycles. The standard InChI is InChI=1S/C18H17NP.C18H15P/c19-20(16-10-4-1-5-11-16,17-12-6-2-7-13-17)18-14-8-3-9-15-18;1-4-10-16(11-5-1)19(17-12-6-2-7-13-17)18-14-8-3-9-15-18/h1-15H,19H2;1-15H/q+1;. The minimum Gasteiger partial charge on any atom is -0.191 e. The van der Waals surface area contributed by atoms with Crippen LogP contribution in [0.15, 0.2) is 182 Å². The highest BCUT2D eigenvalue weighted by Crippen LogP contribution is 2.46. The lowest BCUT2D eigenvalue weighted by atomic mass is 10.4. The highest BCUT2D eigenvalue weighted by molar-refractivity contribution is 7.93. The van der Waals surface area contributed by atoms with Crippen LogP contribution in [0.4, 0.5) is 0 Å². The fourth-order valence-corrected chi connectivity index (χ4v) is 9.74. The van der Waals surface area contributed by atoms with Crippen molar-refractivity contribution in [2.24, 2.45) is 5.50 Å². The molecule has 0 fully saturated rings. The lowest BCUT2D eigenvalue weighted by Crippen LogP contribution is -2.36. The third-order valence-electron chi connectivity index (χ3n) is 6.53. The van der Waals surface area contributed by atoms with Gasteiger partial charge in [-0.3, -0.25) is 0 Å². The number of benzene rings is 6. The molecule has 0 saturated heterocycles. The van der Waals surface area contributed by atoms with Crippen molar-refractivity contribution in [2.45, 2.75) is 0 Å². The van der Waals surface area contributed by atoms with Gasteiger partial charge in [0.15, 0.2) is 7.41 Å². The maximum atomic E-state index is 6.97. The number of rotatable bonds is 6. The van der Waals surface area contributed by atoms with E-state index >= 15 is 0 Å². The zero-order valence-corrected chi connectivity index (χ0v) is 23.6. The normalized spacial score (nSPS) is 10.9. The van der Waals surface area contributed by atoms with Crippen molar-refractivity contribution in [3.8, 4) is 0 Å². The molecule has 0 saturated carbocycles. The monoisotopic (exact) mass is 540 g/mol. The predicted octanol–water partition coefficient (Wildman–Crippen LogP) is 6.30. The van der Waals surface area contributed by atoms with E-state index in [1.54, 1.807) is 0 Å². The molecule has 0 bridgehead atoms. The van der Waals surface area contributed by atoms with Gasteiger partial charge in [-0.2, -0.15) is 5.50 Å². The molecule has 0 radical (unpaired) electrons. The summed E-state index contributed by atoms with van der Waals surface area (Å²) in [5, 5.41) is 7.81. The van der Waals surface area contributed by atoms with Gasteiger partial charge in [-0.25, -0.2) is 0 Å². The molecule has 39 heavy (non-hydrogen) atoms. The molecule has 0 aliphatic heterocycles. The Bertz CT molecular complexity index is 1340. The summed E-state index contributed by atoms with van der Waals surface area (Å²) in [5.41, 5.74) is 6.97. The van der Waals surface area contributed by atoms with Crippen LogP contribution in [0, 0.1) is 0 Å². The quantitative estimate of drug-likeness (QED) is 0.247. The van der Waals surface area contributed by atoms with E-state index in [0.717, 1.165) is 0 Å². The van der Waals surface area contributed by atoms with Gasteiger partial charge in [0, 0.05) is 0 Å². The minimum atomic E-state index is -2.03. The molecule has 6 aromatic rings. The Morgan fingerprint density at radius 1 is 0.308 bits per heavy atom. The molecule has 0 atom stereocenters. The summed E-state index contributed by atoms with van der Waals surface area (Å²) in [7, 11) is -2.47. The fourth-order valence-electron chi connectivity index (χ4n) is 4.62. The third kappa shape index (κ3) is 6.42. The maximum Gasteiger partial charge on any atom is 0.175 e. The number of hydrogen-bond acceptors (Lipinski definition) is 1. The summed E-state index contributed by atoms with van der Waals surface area (Å²) in [5.74, 6) is 0. The molecule has 0 aliphatic rings. The Morgan fingerprint density at radius 3 is 0.744 bits per heavy atom. The Labute approximate surface area is 234 Å². The molecule has 2 N–H and O–H groups in total. The van der Waals surface area contributed by atoms with Gasteiger partial charge in [0.05, 0.1) is 0 Å². The third-order valence-corrected chi connectivity index (χ3v) is 12.3. The molecule has 1 nitrogen and oxygen atoms in total. The van der Waals surface area contributed by atoms with Crippen molar-refractivity contribution in [1.82, 2.24) is 0 Å². The smallest absolute Gasteiger partial charge is 0.175 e. The Hall–Kier alpha value is -3.86. The van der Waals surface area contributed by atoms with Gasteiger partial charge in [-0.15, -0.1) is 0 Å². The molecule has 3 heteroatoms. The Balaban J connectivity index is 0.000000158. The van der Waals surface area contributed by atoms with E-state index in [-0.39, 0.29) is 0 Å². The molecule has 6 rings (SSSR count). The first-order chi connectivity index (χ1) is 19.3. The van der Waals surface area contributed by atoms with Gasteiger partial charge in [0.1, 0.15) is 15.9 Å². The van der Waals surface area contributed by atoms with Crippen LogP contribution in [-0.4, -0.2) is 0 Å². The lowest BCUT2D eigenvalue weighted by Gasteiger charge is -2.21. The molecular formula is C36H32NP2+. The molecule has 0 spiro atoms. The highest BCUT2D eigenvalue weighted by Gasteiger charge is 2.41. The maximum absolute atomic E-state index is 6.97. The van der Waals surface area contributed by atoms with Crippen molar-refractivity contribution in [2.75, 3.05) is 0 Å². The van der Waals surface area contributed by atoms with Crippen LogP contribution in [0.2, 0.25) is 0 Å². The summed E-state index contributed by atoms with van der Waals surface area (Å²) in [6.07, 6.45) is 0. The van der Waals surface area contributed by atoms with Gasteiger partial charge in [-0.05, 0) is 60.2 Å². The second-order valence-electron chi connectivity index (χ2n) is 9.07. The molecule has 0 aliphatic carbocycles.